The van der Waals surface area contributed by atoms with Gasteiger partial charge in [-0.05, 0) is 25.8 Å². The molecule has 3 rings (SSSR count). The first-order valence-electron chi connectivity index (χ1n) is 8.98. The van der Waals surface area contributed by atoms with Gasteiger partial charge in [-0.15, -0.1) is 0 Å². The Morgan fingerprint density at radius 1 is 1.22 bits per heavy atom. The van der Waals surface area contributed by atoms with Crippen molar-refractivity contribution < 1.29 is 39.1 Å². The van der Waals surface area contributed by atoms with Gasteiger partial charge in [-0.1, -0.05) is 0 Å². The summed E-state index contributed by atoms with van der Waals surface area (Å²) in [6, 6.07) is 2.61. The van der Waals surface area contributed by atoms with Gasteiger partial charge in [-0.25, -0.2) is 4.79 Å². The lowest BCUT2D eigenvalue weighted by molar-refractivity contribution is -0.120. The van der Waals surface area contributed by atoms with E-state index in [2.05, 4.69) is 0 Å². The molecule has 0 spiro atoms. The Morgan fingerprint density at radius 2 is 1.96 bits per heavy atom. The first-order valence-corrected chi connectivity index (χ1v) is 8.98. The van der Waals surface area contributed by atoms with Gasteiger partial charge in [0.1, 0.15) is 29.3 Å². The minimum absolute atomic E-state index is 0.00265. The molecule has 1 saturated heterocycles. The van der Waals surface area contributed by atoms with Crippen molar-refractivity contribution in [2.75, 3.05) is 7.11 Å². The zero-order valence-corrected chi connectivity index (χ0v) is 15.3. The molecule has 5 atom stereocenters. The molecule has 1 unspecified atom stereocenters. The summed E-state index contributed by atoms with van der Waals surface area (Å²) in [5.41, 5.74) is -0.215. The number of epoxide rings is 1. The van der Waals surface area contributed by atoms with Crippen LogP contribution in [0.1, 0.15) is 54.6 Å². The molecular formula is C19H24O8. The van der Waals surface area contributed by atoms with Crippen molar-refractivity contribution in [3.8, 4) is 11.5 Å². The Balaban J connectivity index is 1.97. The third-order valence-corrected chi connectivity index (χ3v) is 4.96. The number of hydrogen-bond donors (Lipinski definition) is 3. The lowest BCUT2D eigenvalue weighted by atomic mass is 9.94. The maximum absolute atomic E-state index is 12.6. The number of benzene rings is 1. The molecule has 0 bridgehead atoms. The number of methoxy groups -OCH3 is 1. The van der Waals surface area contributed by atoms with Crippen LogP contribution < -0.4 is 4.74 Å². The van der Waals surface area contributed by atoms with Crippen LogP contribution in [0.2, 0.25) is 0 Å². The fraction of sp³-hybridized carbons (Fsp3) is 0.579. The Hall–Kier alpha value is -2.16. The van der Waals surface area contributed by atoms with Crippen LogP contribution in [0.15, 0.2) is 12.1 Å². The summed E-state index contributed by atoms with van der Waals surface area (Å²) in [6.07, 6.45) is -2.97. The minimum atomic E-state index is -1.49. The van der Waals surface area contributed by atoms with Crippen molar-refractivity contribution in [2.24, 2.45) is 0 Å². The van der Waals surface area contributed by atoms with Crippen molar-refractivity contribution in [3.63, 3.8) is 0 Å². The van der Waals surface area contributed by atoms with Gasteiger partial charge in [0.05, 0.1) is 25.4 Å². The van der Waals surface area contributed by atoms with Gasteiger partial charge in [0, 0.05) is 24.5 Å². The highest BCUT2D eigenvalue weighted by Crippen LogP contribution is 2.37. The third-order valence-electron chi connectivity index (χ3n) is 4.96. The number of fused-ring (bicyclic) bond motifs is 2. The molecule has 1 aromatic rings. The second kappa shape index (κ2) is 7.84. The van der Waals surface area contributed by atoms with E-state index in [0.717, 1.165) is 0 Å². The summed E-state index contributed by atoms with van der Waals surface area (Å²) in [6.45, 7) is 1.69. The quantitative estimate of drug-likeness (QED) is 0.491. The van der Waals surface area contributed by atoms with E-state index in [9.17, 15) is 24.9 Å². The number of phenolic OH excluding ortho intramolecular Hbond substituents is 1. The highest BCUT2D eigenvalue weighted by atomic mass is 16.6. The monoisotopic (exact) mass is 380 g/mol. The zero-order valence-electron chi connectivity index (χ0n) is 15.3. The Labute approximate surface area is 156 Å². The summed E-state index contributed by atoms with van der Waals surface area (Å²) in [7, 11) is 1.38. The molecule has 8 heteroatoms. The van der Waals surface area contributed by atoms with Crippen LogP contribution in [0.3, 0.4) is 0 Å². The average Bonchev–Trinajstić information content (AvgIpc) is 3.38. The number of ketones is 1. The van der Waals surface area contributed by atoms with Crippen LogP contribution >= 0.6 is 0 Å². The maximum Gasteiger partial charge on any atom is 0.342 e. The predicted molar refractivity (Wildman–Crippen MR) is 92.6 cm³/mol. The lowest BCUT2D eigenvalue weighted by Gasteiger charge is -2.22. The molecule has 3 N–H and O–H groups in total. The fourth-order valence-corrected chi connectivity index (χ4v) is 3.38. The van der Waals surface area contributed by atoms with E-state index in [-0.39, 0.29) is 29.1 Å². The molecule has 2 heterocycles. The number of ether oxygens (including phenoxy) is 3. The van der Waals surface area contributed by atoms with E-state index in [1.54, 1.807) is 6.92 Å². The van der Waals surface area contributed by atoms with Crippen molar-refractivity contribution >= 4 is 11.8 Å². The minimum Gasteiger partial charge on any atom is -0.507 e. The topological polar surface area (TPSA) is 126 Å². The largest absolute Gasteiger partial charge is 0.507 e. The Kier molecular flexibility index (Phi) is 5.69. The predicted octanol–water partition coefficient (Wildman–Crippen LogP) is 1.25. The SMILES string of the molecule is COc1cc(O)c2c(c1)[C@H](O)[C@@H](O)C[C@H]1O[C@@H]1C(=O)CCCC(C)OC2=O. The van der Waals surface area contributed by atoms with Gasteiger partial charge in [0.15, 0.2) is 5.78 Å². The van der Waals surface area contributed by atoms with E-state index in [1.807, 2.05) is 0 Å². The standard InChI is InChI=1S/C19H24O8/c1-9-4-3-5-12(20)18-15(27-18)8-14(22)17(23)11-6-10(25-2)7-13(21)16(11)19(24)26-9/h6-7,9,14-15,17-18,21-23H,3-5,8H2,1-2H3/t9?,14-,15+,17-,18+/m0/s1. The van der Waals surface area contributed by atoms with Gasteiger partial charge in [0.25, 0.3) is 0 Å². The van der Waals surface area contributed by atoms with E-state index >= 15 is 0 Å². The Bertz CT molecular complexity index is 731. The van der Waals surface area contributed by atoms with Gasteiger partial charge in [-0.3, -0.25) is 4.79 Å². The van der Waals surface area contributed by atoms with Crippen LogP contribution in [0.25, 0.3) is 0 Å². The highest BCUT2D eigenvalue weighted by Gasteiger charge is 2.46. The van der Waals surface area contributed by atoms with Crippen LogP contribution in [0.5, 0.6) is 11.5 Å². The number of carbonyl (C=O) groups is 2. The van der Waals surface area contributed by atoms with Gasteiger partial charge >= 0.3 is 5.97 Å². The average molecular weight is 380 g/mol. The molecule has 1 fully saturated rings. The molecule has 1 aromatic carbocycles. The van der Waals surface area contributed by atoms with Gasteiger partial charge < -0.3 is 29.5 Å². The number of Topliss-reactive ketones (excluding diaryl/α,β-unsaturated/α-hetero) is 1. The molecular weight excluding hydrogens is 356 g/mol. The number of rotatable bonds is 1. The molecule has 8 nitrogen and oxygen atoms in total. The van der Waals surface area contributed by atoms with Crippen molar-refractivity contribution in [3.05, 3.63) is 23.3 Å². The first-order chi connectivity index (χ1) is 12.8. The number of aliphatic hydroxyl groups is 2. The Morgan fingerprint density at radius 3 is 2.67 bits per heavy atom. The summed E-state index contributed by atoms with van der Waals surface area (Å²) in [5.74, 6) is -1.06. The number of phenols is 1. The molecule has 0 aromatic heterocycles. The number of hydrogen-bond acceptors (Lipinski definition) is 8. The maximum atomic E-state index is 12.6. The van der Waals surface area contributed by atoms with E-state index < -0.39 is 42.2 Å². The van der Waals surface area contributed by atoms with E-state index in [1.165, 1.54) is 19.2 Å². The fourth-order valence-electron chi connectivity index (χ4n) is 3.38. The second-order valence-corrected chi connectivity index (χ2v) is 7.03. The van der Waals surface area contributed by atoms with E-state index in [4.69, 9.17) is 14.2 Å². The molecule has 148 valence electrons. The van der Waals surface area contributed by atoms with Crippen molar-refractivity contribution in [1.29, 1.82) is 0 Å². The van der Waals surface area contributed by atoms with Crippen molar-refractivity contribution in [2.45, 2.75) is 63.1 Å². The number of carbonyl (C=O) groups excluding carboxylic acids is 2. The second-order valence-electron chi connectivity index (χ2n) is 7.03. The third kappa shape index (κ3) is 4.23. The van der Waals surface area contributed by atoms with Gasteiger partial charge in [-0.2, -0.15) is 0 Å². The summed E-state index contributed by atoms with van der Waals surface area (Å²) >= 11 is 0. The molecule has 0 saturated carbocycles. The molecule has 2 aliphatic rings. The molecule has 0 aliphatic carbocycles. The van der Waals surface area contributed by atoms with Crippen molar-refractivity contribution in [1.82, 2.24) is 0 Å². The summed E-state index contributed by atoms with van der Waals surface area (Å²) in [4.78, 5) is 24.7. The molecule has 0 amide bonds. The molecule has 0 radical (unpaired) electrons. The smallest absolute Gasteiger partial charge is 0.342 e. The first kappa shape index (κ1) is 19.6. The number of aromatic hydroxyl groups is 1. The molecule has 27 heavy (non-hydrogen) atoms. The van der Waals surface area contributed by atoms with Gasteiger partial charge in [0.2, 0.25) is 0 Å². The highest BCUT2D eigenvalue weighted by molar-refractivity contribution is 5.94. The summed E-state index contributed by atoms with van der Waals surface area (Å²) in [5, 5.41) is 31.3. The zero-order chi connectivity index (χ0) is 19.7. The van der Waals surface area contributed by atoms with Crippen LogP contribution in [0.4, 0.5) is 0 Å². The van der Waals surface area contributed by atoms with Crippen LogP contribution in [-0.4, -0.2) is 58.6 Å². The lowest BCUT2D eigenvalue weighted by Crippen LogP contribution is -2.25. The van der Waals surface area contributed by atoms with E-state index in [0.29, 0.717) is 19.3 Å². The number of aliphatic hydroxyl groups excluding tert-OH is 2. The molecule has 2 aliphatic heterocycles. The van der Waals surface area contributed by atoms with Crippen LogP contribution in [-0.2, 0) is 14.3 Å². The number of esters is 1. The summed E-state index contributed by atoms with van der Waals surface area (Å²) < 4.78 is 15.8. The normalized spacial score (nSPS) is 31.9. The number of cyclic esters (lactones) is 1. The van der Waals surface area contributed by atoms with Crippen LogP contribution in [0, 0.1) is 0 Å².